The van der Waals surface area contributed by atoms with Crippen molar-refractivity contribution in [2.45, 2.75) is 12.0 Å². The first-order valence-electron chi connectivity index (χ1n) is 4.99. The number of hydrogen-bond acceptors (Lipinski definition) is 4. The summed E-state index contributed by atoms with van der Waals surface area (Å²) in [7, 11) is 0. The van der Waals surface area contributed by atoms with Gasteiger partial charge >= 0.3 is 17.9 Å². The summed E-state index contributed by atoms with van der Waals surface area (Å²) in [6.45, 7) is 0. The zero-order valence-electron chi connectivity index (χ0n) is 8.66. The second-order valence-corrected chi connectivity index (χ2v) is 4.44. The molecule has 7 nitrogen and oxygen atoms in total. The van der Waals surface area contributed by atoms with E-state index in [0.29, 0.717) is 0 Å². The molecule has 0 amide bonds. The Morgan fingerprint density at radius 2 is 1.88 bits per heavy atom. The summed E-state index contributed by atoms with van der Waals surface area (Å²) in [6, 6.07) is 0. The highest BCUT2D eigenvalue weighted by atomic mass is 16.4. The minimum Gasteiger partial charge on any atom is -0.481 e. The summed E-state index contributed by atoms with van der Waals surface area (Å²) in [6.07, 6.45) is 0.899. The van der Waals surface area contributed by atoms with E-state index in [0.717, 1.165) is 6.08 Å². The lowest BCUT2D eigenvalue weighted by atomic mass is 9.86. The van der Waals surface area contributed by atoms with Crippen molar-refractivity contribution in [1.29, 1.82) is 0 Å². The van der Waals surface area contributed by atoms with E-state index in [-0.39, 0.29) is 17.9 Å². The van der Waals surface area contributed by atoms with Gasteiger partial charge in [-0.2, -0.15) is 0 Å². The van der Waals surface area contributed by atoms with E-state index in [9.17, 15) is 14.4 Å². The van der Waals surface area contributed by atoms with E-state index in [1.807, 2.05) is 0 Å². The van der Waals surface area contributed by atoms with Gasteiger partial charge in [0.1, 0.15) is 5.54 Å². The van der Waals surface area contributed by atoms with Crippen LogP contribution in [0.5, 0.6) is 0 Å². The molecule has 2 rings (SSSR count). The minimum atomic E-state index is -1.86. The number of hydrogen-bond donors (Lipinski definition) is 4. The molecular formula is C10H11NO6. The van der Waals surface area contributed by atoms with Crippen LogP contribution in [-0.4, -0.2) is 38.8 Å². The van der Waals surface area contributed by atoms with Crippen molar-refractivity contribution in [2.75, 3.05) is 0 Å². The summed E-state index contributed by atoms with van der Waals surface area (Å²) in [4.78, 5) is 32.6. The lowest BCUT2D eigenvalue weighted by molar-refractivity contribution is -0.143. The number of carbonyl (C=O) groups is 3. The zero-order chi connectivity index (χ0) is 13.0. The Kier molecular flexibility index (Phi) is 2.25. The Labute approximate surface area is 95.5 Å². The van der Waals surface area contributed by atoms with E-state index in [4.69, 9.17) is 21.1 Å². The highest BCUT2D eigenvalue weighted by molar-refractivity contribution is 5.92. The van der Waals surface area contributed by atoms with Gasteiger partial charge in [0, 0.05) is 12.0 Å². The van der Waals surface area contributed by atoms with Gasteiger partial charge in [-0.3, -0.25) is 4.79 Å². The van der Waals surface area contributed by atoms with Crippen LogP contribution in [0.1, 0.15) is 6.42 Å². The molecule has 0 radical (unpaired) electrons. The molecule has 17 heavy (non-hydrogen) atoms. The number of fused-ring (bicyclic) bond motifs is 1. The largest absolute Gasteiger partial charge is 0.481 e. The highest BCUT2D eigenvalue weighted by Crippen LogP contribution is 2.63. The van der Waals surface area contributed by atoms with Gasteiger partial charge in [-0.25, -0.2) is 9.59 Å². The fourth-order valence-corrected chi connectivity index (χ4v) is 2.83. The fourth-order valence-electron chi connectivity index (χ4n) is 2.83. The fraction of sp³-hybridized carbons (Fsp3) is 0.500. The van der Waals surface area contributed by atoms with Gasteiger partial charge in [0.15, 0.2) is 0 Å². The summed E-state index contributed by atoms with van der Waals surface area (Å²) in [5, 5.41) is 26.6. The molecule has 0 unspecified atom stereocenters. The molecule has 0 spiro atoms. The molecule has 0 heterocycles. The molecule has 0 aromatic heterocycles. The van der Waals surface area contributed by atoms with Crippen molar-refractivity contribution in [3.05, 3.63) is 11.6 Å². The van der Waals surface area contributed by atoms with E-state index in [1.54, 1.807) is 0 Å². The summed E-state index contributed by atoms with van der Waals surface area (Å²) >= 11 is 0. The van der Waals surface area contributed by atoms with Crippen LogP contribution in [0.2, 0.25) is 0 Å². The summed E-state index contributed by atoms with van der Waals surface area (Å²) in [5.41, 5.74) is 3.95. The molecule has 0 aliphatic heterocycles. The van der Waals surface area contributed by atoms with Gasteiger partial charge in [0.05, 0.1) is 5.92 Å². The Bertz CT molecular complexity index is 456. The van der Waals surface area contributed by atoms with E-state index < -0.39 is 35.3 Å². The predicted molar refractivity (Wildman–Crippen MR) is 53.0 cm³/mol. The average molecular weight is 241 g/mol. The maximum atomic E-state index is 11.2. The lowest BCUT2D eigenvalue weighted by Crippen LogP contribution is -2.51. The Morgan fingerprint density at radius 1 is 1.29 bits per heavy atom. The van der Waals surface area contributed by atoms with Gasteiger partial charge in [-0.1, -0.05) is 0 Å². The second kappa shape index (κ2) is 3.30. The Morgan fingerprint density at radius 3 is 2.29 bits per heavy atom. The van der Waals surface area contributed by atoms with Gasteiger partial charge in [-0.05, 0) is 17.9 Å². The van der Waals surface area contributed by atoms with Crippen molar-refractivity contribution in [3.8, 4) is 0 Å². The van der Waals surface area contributed by atoms with Crippen molar-refractivity contribution >= 4 is 17.9 Å². The molecule has 2 saturated carbocycles. The lowest BCUT2D eigenvalue weighted by Gasteiger charge is -2.24. The third-order valence-corrected chi connectivity index (χ3v) is 3.62. The standard InChI is InChI=1S/C10H11NO6/c11-10(9(16)17)3(2-5(12)13)1-4-6(7(4)10)8(14)15/h2,4,6-7H,1,11H2,(H,12,13)(H,14,15)(H,16,17)/t4-,6-,7-,10-/m1/s1. The summed E-state index contributed by atoms with van der Waals surface area (Å²) < 4.78 is 0. The molecule has 92 valence electrons. The van der Waals surface area contributed by atoms with E-state index >= 15 is 0 Å². The van der Waals surface area contributed by atoms with Gasteiger partial charge in [0.2, 0.25) is 0 Å². The third kappa shape index (κ3) is 1.42. The van der Waals surface area contributed by atoms with Gasteiger partial charge in [0.25, 0.3) is 0 Å². The second-order valence-electron chi connectivity index (χ2n) is 4.44. The minimum absolute atomic E-state index is 0.0880. The SMILES string of the molecule is N[C@]1(C(=O)O)C(=CC(=O)O)C[C@@H]2[C@@H](C(=O)O)[C@@H]21. The van der Waals surface area contributed by atoms with Crippen LogP contribution < -0.4 is 5.73 Å². The van der Waals surface area contributed by atoms with Crippen LogP contribution in [0.3, 0.4) is 0 Å². The average Bonchev–Trinajstić information content (AvgIpc) is 2.82. The Balaban J connectivity index is 2.37. The van der Waals surface area contributed by atoms with Crippen LogP contribution in [0, 0.1) is 17.8 Å². The summed E-state index contributed by atoms with van der Waals surface area (Å²) in [5.74, 6) is -5.57. The molecule has 0 aromatic carbocycles. The molecule has 2 aliphatic rings. The van der Waals surface area contributed by atoms with Gasteiger partial charge in [-0.15, -0.1) is 0 Å². The van der Waals surface area contributed by atoms with E-state index in [1.165, 1.54) is 0 Å². The van der Waals surface area contributed by atoms with Crippen molar-refractivity contribution in [1.82, 2.24) is 0 Å². The quantitative estimate of drug-likeness (QED) is 0.471. The molecule has 5 N–H and O–H groups in total. The first kappa shape index (κ1) is 11.6. The van der Waals surface area contributed by atoms with Crippen molar-refractivity contribution in [2.24, 2.45) is 23.5 Å². The smallest absolute Gasteiger partial charge is 0.328 e. The van der Waals surface area contributed by atoms with Crippen LogP contribution in [-0.2, 0) is 14.4 Å². The monoisotopic (exact) mass is 241 g/mol. The van der Waals surface area contributed by atoms with Crippen molar-refractivity contribution in [3.63, 3.8) is 0 Å². The number of aliphatic carboxylic acids is 3. The van der Waals surface area contributed by atoms with Crippen LogP contribution in [0.4, 0.5) is 0 Å². The molecular weight excluding hydrogens is 230 g/mol. The topological polar surface area (TPSA) is 138 Å². The Hall–Kier alpha value is -1.89. The number of carboxylic acid groups (broad SMARTS) is 3. The maximum absolute atomic E-state index is 11.2. The molecule has 0 aromatic rings. The molecule has 2 fully saturated rings. The normalized spacial score (nSPS) is 41.0. The third-order valence-electron chi connectivity index (χ3n) is 3.62. The highest BCUT2D eigenvalue weighted by Gasteiger charge is 2.72. The predicted octanol–water partition coefficient (Wildman–Crippen LogP) is -0.870. The number of carboxylic acids is 3. The number of nitrogens with two attached hydrogens (primary N) is 1. The number of rotatable bonds is 3. The molecule has 0 bridgehead atoms. The molecule has 0 saturated heterocycles. The van der Waals surface area contributed by atoms with Crippen LogP contribution in [0.25, 0.3) is 0 Å². The first-order valence-corrected chi connectivity index (χ1v) is 4.99. The van der Waals surface area contributed by atoms with E-state index in [2.05, 4.69) is 0 Å². The van der Waals surface area contributed by atoms with Gasteiger partial charge < -0.3 is 21.1 Å². The molecule has 2 aliphatic carbocycles. The van der Waals surface area contributed by atoms with Crippen LogP contribution in [0.15, 0.2) is 11.6 Å². The molecule has 4 atom stereocenters. The van der Waals surface area contributed by atoms with Crippen LogP contribution >= 0.6 is 0 Å². The zero-order valence-corrected chi connectivity index (χ0v) is 8.66. The first-order chi connectivity index (χ1) is 7.80. The maximum Gasteiger partial charge on any atom is 0.328 e. The van der Waals surface area contributed by atoms with Crippen molar-refractivity contribution < 1.29 is 29.7 Å². The molecule has 7 heteroatoms.